The number of nitrogens with zero attached hydrogens (tertiary/aromatic N) is 4. The standard InChI is InChI=1S/C24H33N7O2/c32-24(23-28-10-11-29-23)31(19-22-26-8-9-27-22)18-21-5-3-20(4-6-21)17-25-7-1-2-12-30-13-15-33-16-14-30/h3-6,8-11,25H,1-2,7,12-19H2,(H,26,27)(H,28,29). The molecule has 0 spiro atoms. The van der Waals surface area contributed by atoms with E-state index in [9.17, 15) is 4.79 Å². The first kappa shape index (κ1) is 23.2. The summed E-state index contributed by atoms with van der Waals surface area (Å²) in [7, 11) is 0. The number of morpholine rings is 1. The lowest BCUT2D eigenvalue weighted by atomic mass is 10.1. The number of carbonyl (C=O) groups is 1. The summed E-state index contributed by atoms with van der Waals surface area (Å²) in [6, 6.07) is 8.41. The van der Waals surface area contributed by atoms with Crippen molar-refractivity contribution in [1.29, 1.82) is 0 Å². The highest BCUT2D eigenvalue weighted by Gasteiger charge is 2.19. The molecule has 3 N–H and O–H groups in total. The Labute approximate surface area is 194 Å². The van der Waals surface area contributed by atoms with Crippen LogP contribution in [0.15, 0.2) is 49.1 Å². The number of carbonyl (C=O) groups excluding carboxylic acids is 1. The minimum atomic E-state index is -0.153. The molecule has 0 atom stereocenters. The van der Waals surface area contributed by atoms with E-state index in [4.69, 9.17) is 4.74 Å². The Bertz CT molecular complexity index is 936. The van der Waals surface area contributed by atoms with Gasteiger partial charge in [-0.3, -0.25) is 9.69 Å². The van der Waals surface area contributed by atoms with Crippen LogP contribution in [0.1, 0.15) is 40.4 Å². The molecule has 4 rings (SSSR count). The molecule has 1 amide bonds. The van der Waals surface area contributed by atoms with Gasteiger partial charge in [0.1, 0.15) is 5.82 Å². The highest BCUT2D eigenvalue weighted by Crippen LogP contribution is 2.12. The summed E-state index contributed by atoms with van der Waals surface area (Å²) in [6.45, 7) is 7.75. The summed E-state index contributed by atoms with van der Waals surface area (Å²) < 4.78 is 5.39. The van der Waals surface area contributed by atoms with Crippen molar-refractivity contribution in [2.75, 3.05) is 39.4 Å². The topological polar surface area (TPSA) is 102 Å². The molecule has 1 aromatic carbocycles. The van der Waals surface area contributed by atoms with Crippen LogP contribution in [0.3, 0.4) is 0 Å². The van der Waals surface area contributed by atoms with Gasteiger partial charge in [0.2, 0.25) is 0 Å². The molecule has 9 nitrogen and oxygen atoms in total. The molecule has 0 radical (unpaired) electrons. The Morgan fingerprint density at radius 3 is 2.48 bits per heavy atom. The number of H-pyrrole nitrogens is 2. The van der Waals surface area contributed by atoms with Crippen molar-refractivity contribution in [3.05, 3.63) is 71.8 Å². The molecule has 3 heterocycles. The maximum atomic E-state index is 12.9. The van der Waals surface area contributed by atoms with Crippen molar-refractivity contribution in [2.24, 2.45) is 0 Å². The Kier molecular flexibility index (Phi) is 8.62. The van der Waals surface area contributed by atoms with Crippen molar-refractivity contribution in [3.8, 4) is 0 Å². The van der Waals surface area contributed by atoms with Crippen LogP contribution in [0, 0.1) is 0 Å². The third-order valence-corrected chi connectivity index (χ3v) is 5.79. The van der Waals surface area contributed by atoms with Gasteiger partial charge in [0.05, 0.1) is 19.8 Å². The molecule has 0 bridgehead atoms. The largest absolute Gasteiger partial charge is 0.379 e. The second-order valence-electron chi connectivity index (χ2n) is 8.29. The zero-order valence-corrected chi connectivity index (χ0v) is 19.0. The summed E-state index contributed by atoms with van der Waals surface area (Å²) >= 11 is 0. The van der Waals surface area contributed by atoms with E-state index in [1.807, 2.05) is 0 Å². The smallest absolute Gasteiger partial charge is 0.290 e. The third kappa shape index (κ3) is 7.24. The van der Waals surface area contributed by atoms with Crippen LogP contribution in [-0.2, 0) is 24.4 Å². The second kappa shape index (κ2) is 12.3. The zero-order valence-electron chi connectivity index (χ0n) is 19.0. The van der Waals surface area contributed by atoms with Crippen LogP contribution >= 0.6 is 0 Å². The van der Waals surface area contributed by atoms with E-state index in [2.05, 4.69) is 54.4 Å². The molecule has 9 heteroatoms. The van der Waals surface area contributed by atoms with Crippen LogP contribution in [-0.4, -0.2) is 75.0 Å². The van der Waals surface area contributed by atoms with E-state index < -0.39 is 0 Å². The van der Waals surface area contributed by atoms with Crippen LogP contribution < -0.4 is 5.32 Å². The van der Waals surface area contributed by atoms with Crippen molar-refractivity contribution in [2.45, 2.75) is 32.5 Å². The summed E-state index contributed by atoms with van der Waals surface area (Å²) in [5.41, 5.74) is 2.30. The van der Waals surface area contributed by atoms with Gasteiger partial charge in [0.15, 0.2) is 5.82 Å². The first-order valence-electron chi connectivity index (χ1n) is 11.6. The molecule has 3 aromatic rings. The van der Waals surface area contributed by atoms with Gasteiger partial charge in [-0.15, -0.1) is 0 Å². The zero-order chi connectivity index (χ0) is 22.7. The Morgan fingerprint density at radius 2 is 1.76 bits per heavy atom. The number of aromatic amines is 2. The van der Waals surface area contributed by atoms with Crippen LogP contribution in [0.5, 0.6) is 0 Å². The van der Waals surface area contributed by atoms with Gasteiger partial charge in [-0.1, -0.05) is 24.3 Å². The van der Waals surface area contributed by atoms with Crippen molar-refractivity contribution in [1.82, 2.24) is 35.1 Å². The van der Waals surface area contributed by atoms with Gasteiger partial charge in [0.25, 0.3) is 5.91 Å². The molecule has 1 aliphatic rings. The molecule has 0 saturated carbocycles. The molecule has 1 saturated heterocycles. The number of ether oxygens (including phenoxy) is 1. The predicted molar refractivity (Wildman–Crippen MR) is 125 cm³/mol. The minimum absolute atomic E-state index is 0.153. The van der Waals surface area contributed by atoms with E-state index in [1.165, 1.54) is 18.4 Å². The van der Waals surface area contributed by atoms with Crippen LogP contribution in [0.25, 0.3) is 0 Å². The summed E-state index contributed by atoms with van der Waals surface area (Å²) in [6.07, 6.45) is 9.07. The van der Waals surface area contributed by atoms with E-state index >= 15 is 0 Å². The molecule has 176 valence electrons. The van der Waals surface area contributed by atoms with Crippen molar-refractivity contribution in [3.63, 3.8) is 0 Å². The van der Waals surface area contributed by atoms with Gasteiger partial charge in [-0.2, -0.15) is 0 Å². The number of imidazole rings is 2. The van der Waals surface area contributed by atoms with Crippen molar-refractivity contribution < 1.29 is 9.53 Å². The molecular formula is C24H33N7O2. The Hall–Kier alpha value is -3.01. The van der Waals surface area contributed by atoms with E-state index in [0.29, 0.717) is 18.9 Å². The predicted octanol–water partition coefficient (Wildman–Crippen LogP) is 2.18. The maximum Gasteiger partial charge on any atom is 0.290 e. The third-order valence-electron chi connectivity index (χ3n) is 5.79. The number of hydrogen-bond acceptors (Lipinski definition) is 6. The molecule has 33 heavy (non-hydrogen) atoms. The number of benzene rings is 1. The van der Waals surface area contributed by atoms with E-state index in [-0.39, 0.29) is 5.91 Å². The van der Waals surface area contributed by atoms with Gasteiger partial charge < -0.3 is 24.9 Å². The number of rotatable bonds is 12. The molecule has 2 aromatic heterocycles. The molecule has 1 fully saturated rings. The fourth-order valence-corrected chi connectivity index (χ4v) is 3.92. The normalized spacial score (nSPS) is 14.4. The summed E-state index contributed by atoms with van der Waals surface area (Å²) in [4.78, 5) is 31.5. The monoisotopic (exact) mass is 451 g/mol. The van der Waals surface area contributed by atoms with Gasteiger partial charge in [0, 0.05) is 51.0 Å². The second-order valence-corrected chi connectivity index (χ2v) is 8.29. The minimum Gasteiger partial charge on any atom is -0.379 e. The lowest BCUT2D eigenvalue weighted by molar-refractivity contribution is 0.0372. The number of hydrogen-bond donors (Lipinski definition) is 3. The number of aromatic nitrogens is 4. The average Bonchev–Trinajstić information content (AvgIpc) is 3.57. The van der Waals surface area contributed by atoms with Crippen molar-refractivity contribution >= 4 is 5.91 Å². The number of nitrogens with one attached hydrogen (secondary N) is 3. The Morgan fingerprint density at radius 1 is 1.00 bits per heavy atom. The van der Waals surface area contributed by atoms with Crippen LogP contribution in [0.4, 0.5) is 0 Å². The number of unbranched alkanes of at least 4 members (excludes halogenated alkanes) is 1. The number of amides is 1. The van der Waals surface area contributed by atoms with Crippen LogP contribution in [0.2, 0.25) is 0 Å². The average molecular weight is 452 g/mol. The lowest BCUT2D eigenvalue weighted by Crippen LogP contribution is -2.37. The van der Waals surface area contributed by atoms with E-state index in [0.717, 1.165) is 57.3 Å². The SMILES string of the molecule is O=C(c1ncc[nH]1)N(Cc1ccc(CNCCCCN2CCOCC2)cc1)Cc1ncc[nH]1. The fraction of sp³-hybridized carbons (Fsp3) is 0.458. The summed E-state index contributed by atoms with van der Waals surface area (Å²) in [5, 5.41) is 3.53. The lowest BCUT2D eigenvalue weighted by Gasteiger charge is -2.26. The quantitative estimate of drug-likeness (QED) is 0.365. The highest BCUT2D eigenvalue weighted by molar-refractivity contribution is 5.90. The highest BCUT2D eigenvalue weighted by atomic mass is 16.5. The Balaban J connectivity index is 1.22. The molecule has 0 aliphatic carbocycles. The fourth-order valence-electron chi connectivity index (χ4n) is 3.92. The first-order valence-corrected chi connectivity index (χ1v) is 11.6. The van der Waals surface area contributed by atoms with Gasteiger partial charge in [-0.25, -0.2) is 9.97 Å². The van der Waals surface area contributed by atoms with E-state index in [1.54, 1.807) is 29.7 Å². The molecule has 0 unspecified atom stereocenters. The van der Waals surface area contributed by atoms with Gasteiger partial charge in [-0.05, 0) is 37.1 Å². The summed E-state index contributed by atoms with van der Waals surface area (Å²) in [5.74, 6) is 0.916. The maximum absolute atomic E-state index is 12.9. The molecule has 1 aliphatic heterocycles. The first-order chi connectivity index (χ1) is 16.3. The molecular weight excluding hydrogens is 418 g/mol. The van der Waals surface area contributed by atoms with Gasteiger partial charge >= 0.3 is 0 Å².